The molecule has 0 radical (unpaired) electrons. The lowest BCUT2D eigenvalue weighted by Crippen LogP contribution is -2.35. The highest BCUT2D eigenvalue weighted by Crippen LogP contribution is 2.24. The average Bonchev–Trinajstić information content (AvgIpc) is 3.34. The normalized spacial score (nSPS) is 11.7. The van der Waals surface area contributed by atoms with Gasteiger partial charge in [0.25, 0.3) is 11.6 Å². The van der Waals surface area contributed by atoms with Crippen LogP contribution in [-0.2, 0) is 6.42 Å². The standard InChI is InChI=1S/C26H24N4O4/c1-18-11-13-21(14-12-18)25-27-24(34-28-25)15-16-29(19(2)20-7-4-3-5-8-20)26(31)22-9-6-10-23(17-22)30(32)33/h3-14,17,19H,15-16H2,1-2H3. The Morgan fingerprint density at radius 3 is 2.50 bits per heavy atom. The number of carbonyl (C=O) groups is 1. The molecule has 0 spiro atoms. The van der Waals surface area contributed by atoms with Gasteiger partial charge >= 0.3 is 0 Å². The molecule has 0 aliphatic carbocycles. The van der Waals surface area contributed by atoms with Gasteiger partial charge in [-0.3, -0.25) is 14.9 Å². The van der Waals surface area contributed by atoms with Crippen molar-refractivity contribution >= 4 is 11.6 Å². The highest BCUT2D eigenvalue weighted by molar-refractivity contribution is 5.95. The van der Waals surface area contributed by atoms with Crippen LogP contribution in [0, 0.1) is 17.0 Å². The van der Waals surface area contributed by atoms with Gasteiger partial charge in [-0.25, -0.2) is 0 Å². The molecule has 0 aliphatic heterocycles. The van der Waals surface area contributed by atoms with Gasteiger partial charge in [0.1, 0.15) is 0 Å². The number of aryl methyl sites for hydroxylation is 1. The minimum Gasteiger partial charge on any atom is -0.339 e. The highest BCUT2D eigenvalue weighted by Gasteiger charge is 2.25. The molecule has 0 fully saturated rings. The number of non-ortho nitro benzene ring substituents is 1. The lowest BCUT2D eigenvalue weighted by atomic mass is 10.0. The minimum atomic E-state index is -0.507. The van der Waals surface area contributed by atoms with Crippen LogP contribution in [0.4, 0.5) is 5.69 Å². The Balaban J connectivity index is 1.57. The third kappa shape index (κ3) is 5.17. The molecule has 1 amide bonds. The van der Waals surface area contributed by atoms with Crippen molar-refractivity contribution in [3.8, 4) is 11.4 Å². The summed E-state index contributed by atoms with van der Waals surface area (Å²) in [5.74, 6) is 0.591. The number of carbonyl (C=O) groups excluding carboxylic acids is 1. The van der Waals surface area contributed by atoms with Crippen molar-refractivity contribution in [1.82, 2.24) is 15.0 Å². The summed E-state index contributed by atoms with van der Waals surface area (Å²) in [6, 6.07) is 22.9. The van der Waals surface area contributed by atoms with Gasteiger partial charge < -0.3 is 9.42 Å². The van der Waals surface area contributed by atoms with Crippen molar-refractivity contribution in [3.05, 3.63) is 112 Å². The first-order valence-corrected chi connectivity index (χ1v) is 10.9. The van der Waals surface area contributed by atoms with Crippen molar-refractivity contribution in [1.29, 1.82) is 0 Å². The van der Waals surface area contributed by atoms with Gasteiger partial charge in [-0.05, 0) is 25.5 Å². The third-order valence-corrected chi connectivity index (χ3v) is 5.66. The van der Waals surface area contributed by atoms with Gasteiger partial charge in [-0.1, -0.05) is 71.4 Å². The number of aromatic nitrogens is 2. The van der Waals surface area contributed by atoms with Crippen LogP contribution in [0.25, 0.3) is 11.4 Å². The van der Waals surface area contributed by atoms with E-state index in [2.05, 4.69) is 10.1 Å². The maximum absolute atomic E-state index is 13.5. The van der Waals surface area contributed by atoms with Crippen molar-refractivity contribution in [2.45, 2.75) is 26.3 Å². The lowest BCUT2D eigenvalue weighted by Gasteiger charge is -2.29. The van der Waals surface area contributed by atoms with Crippen LogP contribution in [-0.4, -0.2) is 32.4 Å². The Bertz CT molecular complexity index is 1290. The second-order valence-corrected chi connectivity index (χ2v) is 8.02. The van der Waals surface area contributed by atoms with Crippen LogP contribution in [0.2, 0.25) is 0 Å². The van der Waals surface area contributed by atoms with E-state index in [0.717, 1.165) is 16.7 Å². The summed E-state index contributed by atoms with van der Waals surface area (Å²) in [6.45, 7) is 4.23. The summed E-state index contributed by atoms with van der Waals surface area (Å²) < 4.78 is 5.43. The number of nitro benzene ring substituents is 1. The Kier molecular flexibility index (Phi) is 6.77. The van der Waals surface area contributed by atoms with Crippen LogP contribution >= 0.6 is 0 Å². The number of nitrogens with zero attached hydrogens (tertiary/aromatic N) is 4. The topological polar surface area (TPSA) is 102 Å². The van der Waals surface area contributed by atoms with Crippen LogP contribution in [0.1, 0.15) is 40.3 Å². The van der Waals surface area contributed by atoms with Gasteiger partial charge in [0.15, 0.2) is 0 Å². The molecule has 172 valence electrons. The fraction of sp³-hybridized carbons (Fsp3) is 0.192. The Labute approximate surface area is 197 Å². The molecule has 8 heteroatoms. The molecular weight excluding hydrogens is 432 g/mol. The Hall–Kier alpha value is -4.33. The van der Waals surface area contributed by atoms with Gasteiger partial charge in [0.05, 0.1) is 11.0 Å². The van der Waals surface area contributed by atoms with E-state index in [1.165, 1.54) is 18.2 Å². The van der Waals surface area contributed by atoms with Crippen molar-refractivity contribution in [3.63, 3.8) is 0 Å². The predicted octanol–water partition coefficient (Wildman–Crippen LogP) is 5.40. The maximum Gasteiger partial charge on any atom is 0.270 e. The molecule has 4 aromatic rings. The molecule has 1 heterocycles. The van der Waals surface area contributed by atoms with Crippen LogP contribution in [0.3, 0.4) is 0 Å². The average molecular weight is 457 g/mol. The SMILES string of the molecule is Cc1ccc(-c2noc(CCN(C(=O)c3cccc([N+](=O)[O-])c3)C(C)c3ccccc3)n2)cc1. The maximum atomic E-state index is 13.5. The fourth-order valence-electron chi connectivity index (χ4n) is 3.69. The van der Waals surface area contributed by atoms with Crippen molar-refractivity contribution in [2.24, 2.45) is 0 Å². The summed E-state index contributed by atoms with van der Waals surface area (Å²) in [7, 11) is 0. The molecule has 0 saturated heterocycles. The molecule has 34 heavy (non-hydrogen) atoms. The molecule has 0 saturated carbocycles. The number of hydrogen-bond donors (Lipinski definition) is 0. The number of rotatable bonds is 8. The van der Waals surface area contributed by atoms with E-state index >= 15 is 0 Å². The summed E-state index contributed by atoms with van der Waals surface area (Å²) in [5, 5.41) is 15.3. The molecule has 1 atom stereocenters. The van der Waals surface area contributed by atoms with Crippen molar-refractivity contribution < 1.29 is 14.2 Å². The number of nitro groups is 1. The molecule has 1 unspecified atom stereocenters. The zero-order valence-corrected chi connectivity index (χ0v) is 18.9. The van der Waals surface area contributed by atoms with E-state index < -0.39 is 4.92 Å². The molecule has 0 aliphatic rings. The summed E-state index contributed by atoms with van der Waals surface area (Å²) in [5.41, 5.74) is 3.06. The van der Waals surface area contributed by atoms with Gasteiger partial charge in [-0.15, -0.1) is 0 Å². The first kappa shape index (κ1) is 22.8. The Morgan fingerprint density at radius 1 is 1.06 bits per heavy atom. The smallest absolute Gasteiger partial charge is 0.270 e. The zero-order valence-electron chi connectivity index (χ0n) is 18.9. The zero-order chi connectivity index (χ0) is 24.1. The Morgan fingerprint density at radius 2 is 1.79 bits per heavy atom. The fourth-order valence-corrected chi connectivity index (χ4v) is 3.69. The molecule has 0 bridgehead atoms. The number of hydrogen-bond acceptors (Lipinski definition) is 6. The molecule has 4 rings (SSSR count). The number of benzene rings is 3. The largest absolute Gasteiger partial charge is 0.339 e. The van der Waals surface area contributed by atoms with Gasteiger partial charge in [0, 0.05) is 36.2 Å². The first-order valence-electron chi connectivity index (χ1n) is 10.9. The minimum absolute atomic E-state index is 0.127. The van der Waals surface area contributed by atoms with E-state index in [4.69, 9.17) is 4.52 Å². The van der Waals surface area contributed by atoms with Gasteiger partial charge in [0.2, 0.25) is 11.7 Å². The van der Waals surface area contributed by atoms with E-state index in [-0.39, 0.29) is 23.2 Å². The molecule has 1 aromatic heterocycles. The van der Waals surface area contributed by atoms with Gasteiger partial charge in [-0.2, -0.15) is 4.98 Å². The van der Waals surface area contributed by atoms with E-state index in [9.17, 15) is 14.9 Å². The molecule has 8 nitrogen and oxygen atoms in total. The summed E-state index contributed by atoms with van der Waals surface area (Å²) in [4.78, 5) is 30.3. The van der Waals surface area contributed by atoms with E-state index in [1.54, 1.807) is 11.0 Å². The van der Waals surface area contributed by atoms with Crippen LogP contribution in [0.5, 0.6) is 0 Å². The summed E-state index contributed by atoms with van der Waals surface area (Å²) in [6.07, 6.45) is 0.344. The lowest BCUT2D eigenvalue weighted by molar-refractivity contribution is -0.384. The molecule has 0 N–H and O–H groups in total. The second-order valence-electron chi connectivity index (χ2n) is 8.02. The van der Waals surface area contributed by atoms with Crippen molar-refractivity contribution in [2.75, 3.05) is 6.54 Å². The highest BCUT2D eigenvalue weighted by atomic mass is 16.6. The van der Waals surface area contributed by atoms with Crippen LogP contribution < -0.4 is 0 Å². The number of amides is 1. The first-order chi connectivity index (χ1) is 16.4. The quantitative estimate of drug-likeness (QED) is 0.260. The monoisotopic (exact) mass is 456 g/mol. The van der Waals surface area contributed by atoms with Crippen LogP contribution in [0.15, 0.2) is 83.4 Å². The third-order valence-electron chi connectivity index (χ3n) is 5.66. The molecule has 3 aromatic carbocycles. The second kappa shape index (κ2) is 10.1. The predicted molar refractivity (Wildman–Crippen MR) is 127 cm³/mol. The molecular formula is C26H24N4O4. The summed E-state index contributed by atoms with van der Waals surface area (Å²) >= 11 is 0. The van der Waals surface area contributed by atoms with E-state index in [0.29, 0.717) is 24.7 Å². The van der Waals surface area contributed by atoms with E-state index in [1.807, 2.05) is 68.4 Å².